The smallest absolute Gasteiger partial charge is 0.256 e. The van der Waals surface area contributed by atoms with Crippen molar-refractivity contribution in [1.82, 2.24) is 14.7 Å². The molecule has 0 unspecified atom stereocenters. The summed E-state index contributed by atoms with van der Waals surface area (Å²) in [5, 5.41) is 7.27. The molecule has 0 spiro atoms. The molecule has 0 aliphatic carbocycles. The van der Waals surface area contributed by atoms with Gasteiger partial charge in [0.1, 0.15) is 5.82 Å². The molecule has 142 valence electrons. The molecule has 0 atom stereocenters. The Kier molecular flexibility index (Phi) is 4.68. The number of nitrogens with two attached hydrogens (primary N) is 1. The van der Waals surface area contributed by atoms with E-state index in [1.165, 1.54) is 0 Å². The number of carbonyl (C=O) groups is 2. The van der Waals surface area contributed by atoms with Crippen LogP contribution in [0.25, 0.3) is 0 Å². The molecule has 3 heterocycles. The molecule has 1 aromatic carbocycles. The van der Waals surface area contributed by atoms with Gasteiger partial charge in [-0.25, -0.2) is 4.68 Å². The summed E-state index contributed by atoms with van der Waals surface area (Å²) in [6.07, 6.45) is 3.19. The molecule has 1 fully saturated rings. The highest BCUT2D eigenvalue weighted by Crippen LogP contribution is 2.33. The van der Waals surface area contributed by atoms with Crippen molar-refractivity contribution in [3.8, 4) is 11.5 Å². The van der Waals surface area contributed by atoms with Gasteiger partial charge >= 0.3 is 0 Å². The molecular weight excluding hydrogens is 350 g/mol. The summed E-state index contributed by atoms with van der Waals surface area (Å²) >= 11 is 0. The number of fused-ring (bicyclic) bond motifs is 1. The molecule has 27 heavy (non-hydrogen) atoms. The maximum absolute atomic E-state index is 12.6. The molecule has 2 aliphatic rings. The highest BCUT2D eigenvalue weighted by Gasteiger charge is 2.25. The van der Waals surface area contributed by atoms with Crippen molar-refractivity contribution in [2.24, 2.45) is 5.73 Å². The number of amides is 2. The van der Waals surface area contributed by atoms with Crippen molar-refractivity contribution in [3.63, 3.8) is 0 Å². The van der Waals surface area contributed by atoms with Crippen LogP contribution in [0.3, 0.4) is 0 Å². The van der Waals surface area contributed by atoms with E-state index in [2.05, 4.69) is 10.4 Å². The topological polar surface area (TPSA) is 112 Å². The first-order valence-corrected chi connectivity index (χ1v) is 8.88. The van der Waals surface area contributed by atoms with E-state index in [1.54, 1.807) is 35.4 Å². The third kappa shape index (κ3) is 3.45. The number of hydrogen-bond acceptors (Lipinski definition) is 6. The fourth-order valence-corrected chi connectivity index (χ4v) is 3.42. The molecule has 2 aromatic rings. The van der Waals surface area contributed by atoms with Crippen molar-refractivity contribution in [3.05, 3.63) is 36.0 Å². The zero-order chi connectivity index (χ0) is 18.8. The minimum absolute atomic E-state index is 0.0310. The summed E-state index contributed by atoms with van der Waals surface area (Å²) in [4.78, 5) is 26.1. The molecule has 9 heteroatoms. The summed E-state index contributed by atoms with van der Waals surface area (Å²) in [5.74, 6) is 1.54. The zero-order valence-corrected chi connectivity index (χ0v) is 14.8. The predicted octanol–water partition coefficient (Wildman–Crippen LogP) is 0.986. The fraction of sp³-hybridized carbons (Fsp3) is 0.389. The molecule has 0 radical (unpaired) electrons. The fourth-order valence-electron chi connectivity index (χ4n) is 3.42. The molecule has 0 saturated carbocycles. The quantitative estimate of drug-likeness (QED) is 0.829. The number of nitrogens with zero attached hydrogens (tertiary/aromatic N) is 3. The Balaban J connectivity index is 1.43. The number of nitrogens with one attached hydrogen (secondary N) is 1. The van der Waals surface area contributed by atoms with E-state index >= 15 is 0 Å². The van der Waals surface area contributed by atoms with Gasteiger partial charge in [-0.2, -0.15) is 5.10 Å². The van der Waals surface area contributed by atoms with E-state index in [0.29, 0.717) is 36.0 Å². The van der Waals surface area contributed by atoms with E-state index in [-0.39, 0.29) is 31.2 Å². The Morgan fingerprint density at radius 1 is 1.19 bits per heavy atom. The number of likely N-dealkylation sites (tertiary alicyclic amines) is 1. The minimum atomic E-state index is -0.245. The predicted molar refractivity (Wildman–Crippen MR) is 96.7 cm³/mol. The van der Waals surface area contributed by atoms with Crippen molar-refractivity contribution in [2.75, 3.05) is 31.7 Å². The van der Waals surface area contributed by atoms with Crippen molar-refractivity contribution >= 4 is 17.6 Å². The maximum atomic E-state index is 12.6. The number of piperidine rings is 1. The third-order valence-corrected chi connectivity index (χ3v) is 4.88. The summed E-state index contributed by atoms with van der Waals surface area (Å²) in [6, 6.07) is 6.96. The lowest BCUT2D eigenvalue weighted by Crippen LogP contribution is -2.42. The average Bonchev–Trinajstić information content (AvgIpc) is 3.36. The van der Waals surface area contributed by atoms with Gasteiger partial charge in [0, 0.05) is 24.7 Å². The molecule has 4 rings (SSSR count). The lowest BCUT2D eigenvalue weighted by Gasteiger charge is -2.32. The van der Waals surface area contributed by atoms with E-state index in [9.17, 15) is 9.59 Å². The number of benzene rings is 1. The van der Waals surface area contributed by atoms with E-state index < -0.39 is 0 Å². The number of ether oxygens (including phenoxy) is 2. The van der Waals surface area contributed by atoms with Crippen LogP contribution in [0.15, 0.2) is 30.5 Å². The van der Waals surface area contributed by atoms with Gasteiger partial charge in [0.05, 0.1) is 18.8 Å². The number of carbonyl (C=O) groups excluding carboxylic acids is 2. The first-order chi connectivity index (χ1) is 13.2. The van der Waals surface area contributed by atoms with Crippen LogP contribution in [0.1, 0.15) is 29.2 Å². The molecule has 2 amide bonds. The van der Waals surface area contributed by atoms with E-state index in [1.807, 2.05) is 4.68 Å². The van der Waals surface area contributed by atoms with Crippen molar-refractivity contribution < 1.29 is 19.1 Å². The second-order valence-electron chi connectivity index (χ2n) is 6.50. The second kappa shape index (κ2) is 7.28. The van der Waals surface area contributed by atoms with Gasteiger partial charge < -0.3 is 25.4 Å². The Morgan fingerprint density at radius 2 is 1.96 bits per heavy atom. The highest BCUT2D eigenvalue weighted by molar-refractivity contribution is 6.04. The molecule has 9 nitrogen and oxygen atoms in total. The number of rotatable bonds is 4. The van der Waals surface area contributed by atoms with Crippen molar-refractivity contribution in [1.29, 1.82) is 0 Å². The van der Waals surface area contributed by atoms with Gasteiger partial charge in [0.25, 0.3) is 5.91 Å². The largest absolute Gasteiger partial charge is 0.454 e. The SMILES string of the molecule is NCC(=O)N1CCC(n2nccc2NC(=O)c2ccc3c(c2)OCO3)CC1. The van der Waals surface area contributed by atoms with Gasteiger partial charge in [0.15, 0.2) is 11.5 Å². The maximum Gasteiger partial charge on any atom is 0.256 e. The van der Waals surface area contributed by atoms with Crippen LogP contribution in [0.5, 0.6) is 11.5 Å². The van der Waals surface area contributed by atoms with Crippen molar-refractivity contribution in [2.45, 2.75) is 18.9 Å². The van der Waals surface area contributed by atoms with Gasteiger partial charge in [-0.3, -0.25) is 9.59 Å². The molecule has 1 aromatic heterocycles. The van der Waals surface area contributed by atoms with E-state index in [0.717, 1.165) is 12.8 Å². The van der Waals surface area contributed by atoms with Crippen LogP contribution in [-0.4, -0.2) is 52.9 Å². The summed E-state index contributed by atoms with van der Waals surface area (Å²) < 4.78 is 12.4. The van der Waals surface area contributed by atoms with Gasteiger partial charge in [-0.15, -0.1) is 0 Å². The van der Waals surface area contributed by atoms with Crippen LogP contribution >= 0.6 is 0 Å². The Bertz CT molecular complexity index is 857. The van der Waals surface area contributed by atoms with Crippen LogP contribution in [0, 0.1) is 0 Å². The third-order valence-electron chi connectivity index (χ3n) is 4.88. The van der Waals surface area contributed by atoms with Crippen LogP contribution in [0.2, 0.25) is 0 Å². The second-order valence-corrected chi connectivity index (χ2v) is 6.50. The molecule has 3 N–H and O–H groups in total. The Hall–Kier alpha value is -3.07. The molecule has 1 saturated heterocycles. The lowest BCUT2D eigenvalue weighted by atomic mass is 10.1. The normalized spacial score (nSPS) is 16.4. The molecule has 2 aliphatic heterocycles. The molecule has 0 bridgehead atoms. The zero-order valence-electron chi connectivity index (χ0n) is 14.8. The standard InChI is InChI=1S/C18H21N5O4/c19-10-17(24)22-7-4-13(5-8-22)23-16(3-6-20-23)21-18(25)12-1-2-14-15(9-12)27-11-26-14/h1-3,6,9,13H,4-5,7-8,10-11,19H2,(H,21,25). The number of anilines is 1. The van der Waals surface area contributed by atoms with Gasteiger partial charge in [-0.1, -0.05) is 0 Å². The van der Waals surface area contributed by atoms with E-state index in [4.69, 9.17) is 15.2 Å². The number of aromatic nitrogens is 2. The van der Waals surface area contributed by atoms with Crippen LogP contribution in [-0.2, 0) is 4.79 Å². The Labute approximate surface area is 156 Å². The first kappa shape index (κ1) is 17.3. The van der Waals surface area contributed by atoms with Crippen LogP contribution < -0.4 is 20.5 Å². The summed E-state index contributed by atoms with van der Waals surface area (Å²) in [7, 11) is 0. The average molecular weight is 371 g/mol. The monoisotopic (exact) mass is 371 g/mol. The summed E-state index contributed by atoms with van der Waals surface area (Å²) in [5.41, 5.74) is 5.91. The number of hydrogen-bond donors (Lipinski definition) is 2. The molecular formula is C18H21N5O4. The van der Waals surface area contributed by atoms with Gasteiger partial charge in [-0.05, 0) is 31.0 Å². The Morgan fingerprint density at radius 3 is 2.74 bits per heavy atom. The minimum Gasteiger partial charge on any atom is -0.454 e. The first-order valence-electron chi connectivity index (χ1n) is 8.88. The lowest BCUT2D eigenvalue weighted by molar-refractivity contribution is -0.130. The highest BCUT2D eigenvalue weighted by atomic mass is 16.7. The van der Waals surface area contributed by atoms with Gasteiger partial charge in [0.2, 0.25) is 12.7 Å². The van der Waals surface area contributed by atoms with Crippen LogP contribution in [0.4, 0.5) is 5.82 Å². The summed E-state index contributed by atoms with van der Waals surface area (Å²) in [6.45, 7) is 1.47.